The second-order valence-electron chi connectivity index (χ2n) is 7.89. The Bertz CT molecular complexity index is 914. The van der Waals surface area contributed by atoms with Crippen molar-refractivity contribution in [3.63, 3.8) is 0 Å². The van der Waals surface area contributed by atoms with Crippen molar-refractivity contribution in [1.82, 2.24) is 4.90 Å². The molecule has 0 bridgehead atoms. The van der Waals surface area contributed by atoms with Gasteiger partial charge in [-0.25, -0.2) is 0 Å². The van der Waals surface area contributed by atoms with Gasteiger partial charge in [-0.3, -0.25) is 4.79 Å². The summed E-state index contributed by atoms with van der Waals surface area (Å²) in [6, 6.07) is 9.63. The third-order valence-electron chi connectivity index (χ3n) is 5.84. The lowest BCUT2D eigenvalue weighted by Crippen LogP contribution is -2.35. The average molecular weight is 443 g/mol. The van der Waals surface area contributed by atoms with Crippen molar-refractivity contribution in [2.75, 3.05) is 34.4 Å². The second kappa shape index (κ2) is 11.1. The van der Waals surface area contributed by atoms with Gasteiger partial charge < -0.3 is 29.6 Å². The smallest absolute Gasteiger partial charge is 0.258 e. The summed E-state index contributed by atoms with van der Waals surface area (Å²) in [4.78, 5) is 15.5. The van der Waals surface area contributed by atoms with Crippen LogP contribution in [0.15, 0.2) is 30.3 Å². The summed E-state index contributed by atoms with van der Waals surface area (Å²) >= 11 is 0. The van der Waals surface area contributed by atoms with E-state index in [0.29, 0.717) is 40.9 Å². The van der Waals surface area contributed by atoms with E-state index in [4.69, 9.17) is 24.7 Å². The number of carbonyl (C=O) groups is 1. The Morgan fingerprint density at radius 1 is 1.06 bits per heavy atom. The highest BCUT2D eigenvalue weighted by atomic mass is 16.5. The first-order valence-electron chi connectivity index (χ1n) is 11.2. The zero-order chi connectivity index (χ0) is 23.1. The first-order chi connectivity index (χ1) is 15.6. The van der Waals surface area contributed by atoms with Crippen molar-refractivity contribution in [3.8, 4) is 28.7 Å². The van der Waals surface area contributed by atoms with Crippen LogP contribution < -0.4 is 24.7 Å². The fourth-order valence-corrected chi connectivity index (χ4v) is 4.32. The van der Waals surface area contributed by atoms with E-state index in [9.17, 15) is 4.79 Å². The van der Waals surface area contributed by atoms with E-state index in [-0.39, 0.29) is 11.9 Å². The highest BCUT2D eigenvalue weighted by molar-refractivity contribution is 5.99. The maximum Gasteiger partial charge on any atom is 0.258 e. The summed E-state index contributed by atoms with van der Waals surface area (Å²) < 4.78 is 22.9. The molecule has 1 amide bonds. The molecule has 0 spiro atoms. The monoisotopic (exact) mass is 442 g/mol. The number of nitrogens with two attached hydrogens (primary N) is 1. The number of likely N-dealkylation sites (tertiary alicyclic amines) is 1. The molecule has 1 aliphatic heterocycles. The Morgan fingerprint density at radius 2 is 1.75 bits per heavy atom. The number of benzene rings is 2. The molecule has 1 aliphatic rings. The summed E-state index contributed by atoms with van der Waals surface area (Å²) in [7, 11) is 4.59. The minimum absolute atomic E-state index is 0.0816. The van der Waals surface area contributed by atoms with Crippen molar-refractivity contribution < 1.29 is 23.7 Å². The minimum atomic E-state index is -0.0816. The Kier molecular flexibility index (Phi) is 8.22. The first kappa shape index (κ1) is 23.7. The number of ether oxygens (including phenoxy) is 4. The molecule has 0 aromatic heterocycles. The van der Waals surface area contributed by atoms with Crippen molar-refractivity contribution >= 4 is 5.91 Å². The van der Waals surface area contributed by atoms with Crippen LogP contribution in [-0.4, -0.2) is 51.3 Å². The van der Waals surface area contributed by atoms with E-state index >= 15 is 0 Å². The van der Waals surface area contributed by atoms with E-state index in [2.05, 4.69) is 6.92 Å². The van der Waals surface area contributed by atoms with Gasteiger partial charge in [0, 0.05) is 18.7 Å². The van der Waals surface area contributed by atoms with Crippen LogP contribution >= 0.6 is 0 Å². The molecule has 3 rings (SSSR count). The second-order valence-corrected chi connectivity index (χ2v) is 7.89. The van der Waals surface area contributed by atoms with Crippen LogP contribution in [-0.2, 0) is 6.42 Å². The molecule has 174 valence electrons. The molecular weight excluding hydrogens is 408 g/mol. The molecule has 32 heavy (non-hydrogen) atoms. The van der Waals surface area contributed by atoms with Crippen LogP contribution in [0.2, 0.25) is 0 Å². The number of hydrogen-bond acceptors (Lipinski definition) is 6. The standard InChI is InChI=1S/C25H34N2O5/c1-5-7-18-8-6-15-27(18)25(28)20-16-21(23(30-3)24(31-4)22(20)29-2)32-19-11-9-17(10-12-19)13-14-26/h9-12,16,18H,5-8,13-15,26H2,1-4H3. The molecule has 1 atom stereocenters. The Morgan fingerprint density at radius 3 is 2.34 bits per heavy atom. The predicted molar refractivity (Wildman–Crippen MR) is 124 cm³/mol. The van der Waals surface area contributed by atoms with E-state index < -0.39 is 0 Å². The molecule has 1 saturated heterocycles. The number of carbonyl (C=O) groups excluding carboxylic acids is 1. The van der Waals surface area contributed by atoms with E-state index in [1.54, 1.807) is 6.07 Å². The van der Waals surface area contributed by atoms with Gasteiger partial charge in [0.1, 0.15) is 5.75 Å². The molecule has 2 aromatic rings. The lowest BCUT2D eigenvalue weighted by atomic mass is 10.1. The number of rotatable bonds is 10. The van der Waals surface area contributed by atoms with E-state index in [1.165, 1.54) is 21.3 Å². The van der Waals surface area contributed by atoms with Crippen LogP contribution in [0.5, 0.6) is 28.7 Å². The summed E-state index contributed by atoms with van der Waals surface area (Å²) in [5.41, 5.74) is 7.17. The van der Waals surface area contributed by atoms with E-state index in [0.717, 1.165) is 44.2 Å². The minimum Gasteiger partial charge on any atom is -0.492 e. The summed E-state index contributed by atoms with van der Waals surface area (Å²) in [6.07, 6.45) is 4.84. The third-order valence-corrected chi connectivity index (χ3v) is 5.84. The zero-order valence-corrected chi connectivity index (χ0v) is 19.5. The fraction of sp³-hybridized carbons (Fsp3) is 0.480. The Hall–Kier alpha value is -2.93. The van der Waals surface area contributed by atoms with Crippen LogP contribution in [0, 0.1) is 0 Å². The lowest BCUT2D eigenvalue weighted by molar-refractivity contribution is 0.0725. The maximum absolute atomic E-state index is 13.6. The molecule has 0 saturated carbocycles. The first-order valence-corrected chi connectivity index (χ1v) is 11.2. The normalized spacial score (nSPS) is 15.5. The number of hydrogen-bond donors (Lipinski definition) is 1. The van der Waals surface area contributed by atoms with Gasteiger partial charge in [-0.2, -0.15) is 0 Å². The number of methoxy groups -OCH3 is 3. The van der Waals surface area contributed by atoms with Crippen LogP contribution in [0.1, 0.15) is 48.5 Å². The average Bonchev–Trinajstić information content (AvgIpc) is 3.27. The molecule has 0 aliphatic carbocycles. The molecule has 2 N–H and O–H groups in total. The maximum atomic E-state index is 13.6. The van der Waals surface area contributed by atoms with Gasteiger partial charge in [0.05, 0.1) is 26.9 Å². The van der Waals surface area contributed by atoms with Gasteiger partial charge in [0.2, 0.25) is 11.5 Å². The zero-order valence-electron chi connectivity index (χ0n) is 19.5. The summed E-state index contributed by atoms with van der Waals surface area (Å²) in [5.74, 6) is 2.00. The third kappa shape index (κ3) is 4.93. The SMILES string of the molecule is CCCC1CCCN1C(=O)c1cc(Oc2ccc(CCN)cc2)c(OC)c(OC)c1OC. The number of nitrogens with zero attached hydrogens (tertiary/aromatic N) is 1. The highest BCUT2D eigenvalue weighted by Gasteiger charge is 2.33. The summed E-state index contributed by atoms with van der Waals surface area (Å²) in [6.45, 7) is 3.47. The van der Waals surface area contributed by atoms with Crippen LogP contribution in [0.25, 0.3) is 0 Å². The molecule has 0 radical (unpaired) electrons. The Balaban J connectivity index is 2.02. The van der Waals surface area contributed by atoms with Gasteiger partial charge in [-0.15, -0.1) is 0 Å². The quantitative estimate of drug-likeness (QED) is 0.587. The lowest BCUT2D eigenvalue weighted by Gasteiger charge is -2.26. The van der Waals surface area contributed by atoms with Crippen molar-refractivity contribution in [2.24, 2.45) is 5.73 Å². The fourth-order valence-electron chi connectivity index (χ4n) is 4.32. The molecule has 1 heterocycles. The van der Waals surface area contributed by atoms with Crippen LogP contribution in [0.3, 0.4) is 0 Å². The van der Waals surface area contributed by atoms with Gasteiger partial charge in [0.25, 0.3) is 5.91 Å². The topological polar surface area (TPSA) is 83.3 Å². The molecule has 1 fully saturated rings. The number of amides is 1. The summed E-state index contributed by atoms with van der Waals surface area (Å²) in [5, 5.41) is 0. The van der Waals surface area contributed by atoms with Gasteiger partial charge >= 0.3 is 0 Å². The van der Waals surface area contributed by atoms with Crippen LogP contribution in [0.4, 0.5) is 0 Å². The van der Waals surface area contributed by atoms with Gasteiger partial charge in [-0.05, 0) is 49.9 Å². The van der Waals surface area contributed by atoms with Crippen molar-refractivity contribution in [2.45, 2.75) is 45.1 Å². The van der Waals surface area contributed by atoms with Crippen molar-refractivity contribution in [1.29, 1.82) is 0 Å². The van der Waals surface area contributed by atoms with Crippen molar-refractivity contribution in [3.05, 3.63) is 41.5 Å². The molecule has 1 unspecified atom stereocenters. The van der Waals surface area contributed by atoms with Gasteiger partial charge in [-0.1, -0.05) is 25.5 Å². The largest absolute Gasteiger partial charge is 0.492 e. The van der Waals surface area contributed by atoms with Gasteiger partial charge in [0.15, 0.2) is 11.5 Å². The Labute approximate surface area is 190 Å². The molecular formula is C25H34N2O5. The van der Waals surface area contributed by atoms with E-state index in [1.807, 2.05) is 29.2 Å². The molecule has 7 nitrogen and oxygen atoms in total. The molecule has 7 heteroatoms. The predicted octanol–water partition coefficient (Wildman–Crippen LogP) is 4.41. The molecule has 2 aromatic carbocycles. The highest BCUT2D eigenvalue weighted by Crippen LogP contribution is 2.48.